The van der Waals surface area contributed by atoms with E-state index in [0.29, 0.717) is 12.1 Å². The summed E-state index contributed by atoms with van der Waals surface area (Å²) < 4.78 is 5.51. The molecule has 0 saturated heterocycles. The Kier molecular flexibility index (Phi) is 4.37. The van der Waals surface area contributed by atoms with E-state index in [1.54, 1.807) is 6.26 Å². The van der Waals surface area contributed by atoms with Gasteiger partial charge in [0, 0.05) is 12.0 Å². The van der Waals surface area contributed by atoms with Gasteiger partial charge in [0.1, 0.15) is 12.1 Å². The first-order valence-electron chi connectivity index (χ1n) is 6.35. The van der Waals surface area contributed by atoms with Gasteiger partial charge in [-0.15, -0.1) is 6.58 Å². The molecule has 94 valence electrons. The molecule has 18 heavy (non-hydrogen) atoms. The summed E-state index contributed by atoms with van der Waals surface area (Å²) in [6, 6.07) is 15.2. The average Bonchev–Trinajstić information content (AvgIpc) is 2.93. The lowest BCUT2D eigenvalue weighted by Crippen LogP contribution is -2.85. The molecule has 1 aromatic heterocycles. The van der Waals surface area contributed by atoms with Gasteiger partial charge in [-0.05, 0) is 19.1 Å². The van der Waals surface area contributed by atoms with E-state index in [2.05, 4.69) is 43.1 Å². The number of quaternary nitrogens is 1. The fourth-order valence-electron chi connectivity index (χ4n) is 2.19. The van der Waals surface area contributed by atoms with Crippen LogP contribution in [0, 0.1) is 0 Å². The lowest BCUT2D eigenvalue weighted by molar-refractivity contribution is -0.732. The molecular weight excluding hydrogens is 222 g/mol. The number of nitrogens with two attached hydrogens (primary N) is 1. The van der Waals surface area contributed by atoms with Crippen molar-refractivity contribution in [2.24, 2.45) is 0 Å². The van der Waals surface area contributed by atoms with E-state index >= 15 is 0 Å². The minimum absolute atomic E-state index is 0.299. The molecule has 2 nitrogen and oxygen atoms in total. The van der Waals surface area contributed by atoms with Crippen molar-refractivity contribution in [2.45, 2.75) is 25.4 Å². The second-order valence-electron chi connectivity index (χ2n) is 4.54. The van der Waals surface area contributed by atoms with E-state index in [0.717, 1.165) is 12.2 Å². The van der Waals surface area contributed by atoms with E-state index in [1.165, 1.54) is 5.56 Å². The fourth-order valence-corrected chi connectivity index (χ4v) is 2.19. The normalized spacial score (nSPS) is 14.1. The van der Waals surface area contributed by atoms with Crippen LogP contribution in [0.3, 0.4) is 0 Å². The highest BCUT2D eigenvalue weighted by molar-refractivity contribution is 5.16. The summed E-state index contributed by atoms with van der Waals surface area (Å²) in [4.78, 5) is 0. The molecule has 0 saturated carbocycles. The Balaban J connectivity index is 2.07. The number of benzene rings is 1. The Hall–Kier alpha value is -1.80. The smallest absolute Gasteiger partial charge is 0.161 e. The van der Waals surface area contributed by atoms with Crippen LogP contribution in [0.5, 0.6) is 0 Å². The topological polar surface area (TPSA) is 29.8 Å². The first kappa shape index (κ1) is 12.7. The van der Waals surface area contributed by atoms with Crippen LogP contribution in [0.4, 0.5) is 0 Å². The molecule has 2 rings (SSSR count). The first-order valence-corrected chi connectivity index (χ1v) is 6.35. The quantitative estimate of drug-likeness (QED) is 0.774. The zero-order valence-corrected chi connectivity index (χ0v) is 10.8. The summed E-state index contributed by atoms with van der Waals surface area (Å²) in [6.07, 6.45) is 4.58. The molecule has 2 aromatic rings. The molecule has 1 heterocycles. The van der Waals surface area contributed by atoms with Crippen molar-refractivity contribution in [3.8, 4) is 0 Å². The maximum Gasteiger partial charge on any atom is 0.161 e. The molecule has 0 fully saturated rings. The van der Waals surface area contributed by atoms with Gasteiger partial charge in [-0.3, -0.25) is 0 Å². The van der Waals surface area contributed by atoms with Crippen LogP contribution in [0.2, 0.25) is 0 Å². The third kappa shape index (κ3) is 3.11. The summed E-state index contributed by atoms with van der Waals surface area (Å²) in [5.41, 5.74) is 1.33. The second kappa shape index (κ2) is 6.22. The Labute approximate surface area is 108 Å². The monoisotopic (exact) mass is 242 g/mol. The lowest BCUT2D eigenvalue weighted by atomic mass is 10.1. The summed E-state index contributed by atoms with van der Waals surface area (Å²) in [5, 5.41) is 2.33. The zero-order chi connectivity index (χ0) is 12.8. The SMILES string of the molecule is C=CC[C@H]([NH2+][C@H](C)c1ccccc1)c1ccco1. The predicted molar refractivity (Wildman–Crippen MR) is 73.0 cm³/mol. The Bertz CT molecular complexity index is 461. The molecule has 0 spiro atoms. The maximum atomic E-state index is 5.51. The fraction of sp³-hybridized carbons (Fsp3) is 0.250. The van der Waals surface area contributed by atoms with E-state index in [4.69, 9.17) is 4.42 Å². The van der Waals surface area contributed by atoms with Gasteiger partial charge in [0.15, 0.2) is 5.76 Å². The highest BCUT2D eigenvalue weighted by Crippen LogP contribution is 2.16. The zero-order valence-electron chi connectivity index (χ0n) is 10.8. The molecule has 2 N–H and O–H groups in total. The van der Waals surface area contributed by atoms with Crippen molar-refractivity contribution in [1.82, 2.24) is 0 Å². The highest BCUT2D eigenvalue weighted by Gasteiger charge is 2.20. The van der Waals surface area contributed by atoms with Crippen LogP contribution in [0.15, 0.2) is 65.8 Å². The van der Waals surface area contributed by atoms with Gasteiger partial charge in [-0.2, -0.15) is 0 Å². The second-order valence-corrected chi connectivity index (χ2v) is 4.54. The number of hydrogen-bond donors (Lipinski definition) is 1. The van der Waals surface area contributed by atoms with Crippen molar-refractivity contribution < 1.29 is 9.73 Å². The number of hydrogen-bond acceptors (Lipinski definition) is 1. The minimum atomic E-state index is 0.299. The maximum absolute atomic E-state index is 5.51. The van der Waals surface area contributed by atoms with E-state index < -0.39 is 0 Å². The third-order valence-electron chi connectivity index (χ3n) is 3.18. The van der Waals surface area contributed by atoms with Crippen LogP contribution >= 0.6 is 0 Å². The molecule has 0 amide bonds. The van der Waals surface area contributed by atoms with E-state index in [9.17, 15) is 0 Å². The van der Waals surface area contributed by atoms with E-state index in [-0.39, 0.29) is 0 Å². The minimum Gasteiger partial charge on any atom is -0.463 e. The van der Waals surface area contributed by atoms with Crippen LogP contribution in [0.1, 0.15) is 36.8 Å². The molecule has 2 atom stereocenters. The molecule has 0 bridgehead atoms. The third-order valence-corrected chi connectivity index (χ3v) is 3.18. The van der Waals surface area contributed by atoms with Crippen LogP contribution < -0.4 is 5.32 Å². The van der Waals surface area contributed by atoms with Crippen LogP contribution in [0.25, 0.3) is 0 Å². The van der Waals surface area contributed by atoms with Crippen LogP contribution in [-0.2, 0) is 0 Å². The standard InChI is InChI=1S/C16H19NO/c1-3-8-15(16-11-7-12-18-16)17-13(2)14-9-5-4-6-10-14/h3-7,9-13,15,17H,1,8H2,2H3/p+1/t13-,15+/m1/s1. The molecule has 0 unspecified atom stereocenters. The molecule has 0 aliphatic carbocycles. The van der Waals surface area contributed by atoms with Gasteiger partial charge < -0.3 is 9.73 Å². The highest BCUT2D eigenvalue weighted by atomic mass is 16.3. The Morgan fingerprint density at radius 1 is 1.22 bits per heavy atom. The van der Waals surface area contributed by atoms with Gasteiger partial charge >= 0.3 is 0 Å². The van der Waals surface area contributed by atoms with Gasteiger partial charge in [0.25, 0.3) is 0 Å². The van der Waals surface area contributed by atoms with Gasteiger partial charge in [0.2, 0.25) is 0 Å². The molecule has 0 radical (unpaired) electrons. The van der Waals surface area contributed by atoms with Gasteiger partial charge in [-0.25, -0.2) is 0 Å². The van der Waals surface area contributed by atoms with Crippen molar-refractivity contribution in [1.29, 1.82) is 0 Å². The van der Waals surface area contributed by atoms with Crippen molar-refractivity contribution in [3.63, 3.8) is 0 Å². The largest absolute Gasteiger partial charge is 0.463 e. The van der Waals surface area contributed by atoms with E-state index in [1.807, 2.05) is 24.3 Å². The molecule has 2 heteroatoms. The summed E-state index contributed by atoms with van der Waals surface area (Å²) >= 11 is 0. The summed E-state index contributed by atoms with van der Waals surface area (Å²) in [5.74, 6) is 1.01. The first-order chi connectivity index (χ1) is 8.81. The molecule has 1 aromatic carbocycles. The van der Waals surface area contributed by atoms with Crippen molar-refractivity contribution in [3.05, 3.63) is 72.7 Å². The summed E-state index contributed by atoms with van der Waals surface area (Å²) in [6.45, 7) is 6.05. The molecule has 0 aliphatic rings. The van der Waals surface area contributed by atoms with Gasteiger partial charge in [-0.1, -0.05) is 36.4 Å². The molecular formula is C16H20NO+. The average molecular weight is 242 g/mol. The number of furan rings is 1. The lowest BCUT2D eigenvalue weighted by Gasteiger charge is -2.17. The van der Waals surface area contributed by atoms with Crippen LogP contribution in [-0.4, -0.2) is 0 Å². The Morgan fingerprint density at radius 3 is 2.61 bits per heavy atom. The summed E-state index contributed by atoms with van der Waals surface area (Å²) in [7, 11) is 0. The van der Waals surface area contributed by atoms with Gasteiger partial charge in [0.05, 0.1) is 6.26 Å². The predicted octanol–water partition coefficient (Wildman–Crippen LogP) is 3.22. The Morgan fingerprint density at radius 2 is 2.00 bits per heavy atom. The molecule has 0 aliphatic heterocycles. The van der Waals surface area contributed by atoms with Crippen molar-refractivity contribution in [2.75, 3.05) is 0 Å². The van der Waals surface area contributed by atoms with Crippen molar-refractivity contribution >= 4 is 0 Å². The number of rotatable bonds is 6.